The first-order valence-electron chi connectivity index (χ1n) is 9.37. The van der Waals surface area contributed by atoms with Crippen LogP contribution in [-0.4, -0.2) is 62.1 Å². The number of aromatic amines is 1. The van der Waals surface area contributed by atoms with Crippen molar-refractivity contribution in [2.75, 3.05) is 33.2 Å². The largest absolute Gasteiger partial charge is 0.329 e. The van der Waals surface area contributed by atoms with Gasteiger partial charge in [-0.15, -0.1) is 0 Å². The highest BCUT2D eigenvalue weighted by atomic mass is 35.5. The summed E-state index contributed by atoms with van der Waals surface area (Å²) in [7, 11) is 3.70. The monoisotopic (exact) mass is 436 g/mol. The van der Waals surface area contributed by atoms with Crippen molar-refractivity contribution in [2.45, 2.75) is 13.1 Å². The number of fused-ring (bicyclic) bond motifs is 1. The van der Waals surface area contributed by atoms with E-state index >= 15 is 0 Å². The second kappa shape index (κ2) is 7.95. The Morgan fingerprint density at radius 3 is 2.34 bits per heavy atom. The molecule has 0 bridgehead atoms. The van der Waals surface area contributed by atoms with Gasteiger partial charge in [-0.05, 0) is 19.2 Å². The zero-order valence-corrected chi connectivity index (χ0v) is 17.8. The maximum absolute atomic E-state index is 12.7. The number of aromatic nitrogens is 4. The maximum Gasteiger partial charge on any atom is 0.329 e. The number of hydrogen-bond acceptors (Lipinski definition) is 5. The van der Waals surface area contributed by atoms with Crippen molar-refractivity contribution >= 4 is 34.4 Å². The van der Waals surface area contributed by atoms with E-state index in [1.54, 1.807) is 25.2 Å². The summed E-state index contributed by atoms with van der Waals surface area (Å²) in [5.74, 6) is 0.701. The molecule has 1 aliphatic rings. The molecular weight excluding hydrogens is 415 g/mol. The summed E-state index contributed by atoms with van der Waals surface area (Å²) in [5.41, 5.74) is 0.443. The number of piperazine rings is 1. The summed E-state index contributed by atoms with van der Waals surface area (Å²) in [6.45, 7) is 4.60. The smallest absolute Gasteiger partial charge is 0.316 e. The minimum absolute atomic E-state index is 0.291. The number of rotatable bonds is 4. The minimum Gasteiger partial charge on any atom is -0.316 e. The molecule has 0 spiro atoms. The SMILES string of the molecule is CN1CCN(Cc2nc3c(c(=O)[nH]c(=O)n3C)n2Cc2c(Cl)cccc2Cl)CC1. The van der Waals surface area contributed by atoms with Gasteiger partial charge < -0.3 is 9.47 Å². The topological polar surface area (TPSA) is 79.2 Å². The third kappa shape index (κ3) is 3.85. The molecule has 0 atom stereocenters. The van der Waals surface area contributed by atoms with Gasteiger partial charge in [0.2, 0.25) is 0 Å². The Bertz CT molecular complexity index is 1150. The van der Waals surface area contributed by atoms with Crippen LogP contribution in [0.3, 0.4) is 0 Å². The van der Waals surface area contributed by atoms with Crippen molar-refractivity contribution < 1.29 is 0 Å². The molecular formula is C19H22Cl2N6O2. The number of likely N-dealkylation sites (N-methyl/N-ethyl adjacent to an activating group) is 1. The summed E-state index contributed by atoms with van der Waals surface area (Å²) in [6.07, 6.45) is 0. The zero-order valence-electron chi connectivity index (χ0n) is 16.3. The van der Waals surface area contributed by atoms with E-state index in [0.717, 1.165) is 26.2 Å². The van der Waals surface area contributed by atoms with Gasteiger partial charge in [-0.25, -0.2) is 9.78 Å². The van der Waals surface area contributed by atoms with Gasteiger partial charge in [0, 0.05) is 48.8 Å². The van der Waals surface area contributed by atoms with Crippen molar-refractivity contribution in [2.24, 2.45) is 7.05 Å². The summed E-state index contributed by atoms with van der Waals surface area (Å²) < 4.78 is 3.17. The van der Waals surface area contributed by atoms with E-state index in [2.05, 4.69) is 26.8 Å². The Morgan fingerprint density at radius 1 is 1.03 bits per heavy atom. The predicted octanol–water partition coefficient (Wildman–Crippen LogP) is 1.53. The molecule has 0 radical (unpaired) electrons. The number of nitrogens with one attached hydrogen (secondary N) is 1. The van der Waals surface area contributed by atoms with E-state index in [1.165, 1.54) is 4.57 Å². The Hall–Kier alpha value is -2.13. The van der Waals surface area contributed by atoms with Crippen molar-refractivity contribution in [3.05, 3.63) is 60.5 Å². The number of imidazole rings is 1. The molecule has 10 heteroatoms. The van der Waals surface area contributed by atoms with Gasteiger partial charge in [-0.3, -0.25) is 19.2 Å². The lowest BCUT2D eigenvalue weighted by Gasteiger charge is -2.32. The summed E-state index contributed by atoms with van der Waals surface area (Å²) in [6, 6.07) is 5.31. The molecule has 1 fully saturated rings. The van der Waals surface area contributed by atoms with Crippen LogP contribution in [0.15, 0.2) is 27.8 Å². The van der Waals surface area contributed by atoms with Gasteiger partial charge in [0.05, 0.1) is 13.1 Å². The molecule has 0 unspecified atom stereocenters. The number of H-pyrrole nitrogens is 1. The number of benzene rings is 1. The van der Waals surface area contributed by atoms with E-state index in [0.29, 0.717) is 45.7 Å². The Labute approximate surface area is 177 Å². The number of hydrogen-bond donors (Lipinski definition) is 1. The average molecular weight is 437 g/mol. The highest BCUT2D eigenvalue weighted by molar-refractivity contribution is 6.36. The molecule has 4 rings (SSSR count). The first-order valence-corrected chi connectivity index (χ1v) is 10.1. The predicted molar refractivity (Wildman–Crippen MR) is 114 cm³/mol. The van der Waals surface area contributed by atoms with E-state index < -0.39 is 11.2 Å². The number of halogens is 2. The normalized spacial score (nSPS) is 16.0. The van der Waals surface area contributed by atoms with Crippen LogP contribution in [0.25, 0.3) is 11.2 Å². The second-order valence-corrected chi connectivity index (χ2v) is 8.20. The van der Waals surface area contributed by atoms with Gasteiger partial charge >= 0.3 is 5.69 Å². The van der Waals surface area contributed by atoms with E-state index in [1.807, 2.05) is 4.57 Å². The Kier molecular flexibility index (Phi) is 5.52. The molecule has 1 aliphatic heterocycles. The van der Waals surface area contributed by atoms with Crippen LogP contribution in [0, 0.1) is 0 Å². The molecule has 2 aromatic heterocycles. The van der Waals surface area contributed by atoms with Crippen LogP contribution in [0.1, 0.15) is 11.4 Å². The first kappa shape index (κ1) is 20.2. The summed E-state index contributed by atoms with van der Waals surface area (Å²) in [5, 5.41) is 1.04. The lowest BCUT2D eigenvalue weighted by molar-refractivity contribution is 0.144. The molecule has 1 aromatic carbocycles. The fourth-order valence-corrected chi connectivity index (χ4v) is 4.14. The van der Waals surface area contributed by atoms with E-state index in [4.69, 9.17) is 23.2 Å². The van der Waals surface area contributed by atoms with Crippen LogP contribution in [0.2, 0.25) is 10.0 Å². The highest BCUT2D eigenvalue weighted by Crippen LogP contribution is 2.27. The molecule has 0 amide bonds. The van der Waals surface area contributed by atoms with Gasteiger partial charge in [-0.1, -0.05) is 29.3 Å². The fraction of sp³-hybridized carbons (Fsp3) is 0.421. The molecule has 8 nitrogen and oxygen atoms in total. The van der Waals surface area contributed by atoms with Gasteiger partial charge in [0.1, 0.15) is 5.82 Å². The molecule has 29 heavy (non-hydrogen) atoms. The molecule has 0 aliphatic carbocycles. The lowest BCUT2D eigenvalue weighted by atomic mass is 10.2. The van der Waals surface area contributed by atoms with Crippen LogP contribution < -0.4 is 11.2 Å². The fourth-order valence-electron chi connectivity index (χ4n) is 3.62. The van der Waals surface area contributed by atoms with Crippen molar-refractivity contribution in [3.63, 3.8) is 0 Å². The van der Waals surface area contributed by atoms with Crippen molar-refractivity contribution in [1.29, 1.82) is 0 Å². The third-order valence-corrected chi connectivity index (χ3v) is 6.13. The van der Waals surface area contributed by atoms with Crippen LogP contribution in [-0.2, 0) is 20.1 Å². The zero-order chi connectivity index (χ0) is 20.7. The maximum atomic E-state index is 12.7. The summed E-state index contributed by atoms with van der Waals surface area (Å²) >= 11 is 12.8. The Morgan fingerprint density at radius 2 is 1.69 bits per heavy atom. The standard InChI is InChI=1S/C19H22Cl2N6O2/c1-24-6-8-26(9-7-24)11-15-22-17-16(18(28)23-19(29)25(17)2)27(15)10-12-13(20)4-3-5-14(12)21/h3-5H,6-11H2,1-2H3,(H,23,28,29). The third-order valence-electron chi connectivity index (χ3n) is 5.42. The minimum atomic E-state index is -0.492. The van der Waals surface area contributed by atoms with Crippen molar-refractivity contribution in [1.82, 2.24) is 28.9 Å². The first-order chi connectivity index (χ1) is 13.8. The number of nitrogens with zero attached hydrogens (tertiary/aromatic N) is 5. The summed E-state index contributed by atoms with van der Waals surface area (Å²) in [4.78, 5) is 36.3. The van der Waals surface area contributed by atoms with Crippen LogP contribution in [0.5, 0.6) is 0 Å². The van der Waals surface area contributed by atoms with Crippen LogP contribution in [0.4, 0.5) is 0 Å². The second-order valence-electron chi connectivity index (χ2n) is 7.38. The molecule has 3 heterocycles. The highest BCUT2D eigenvalue weighted by Gasteiger charge is 2.22. The number of aryl methyl sites for hydroxylation is 1. The van der Waals surface area contributed by atoms with E-state index in [9.17, 15) is 9.59 Å². The molecule has 1 saturated heterocycles. The van der Waals surface area contributed by atoms with E-state index in [-0.39, 0.29) is 0 Å². The molecule has 1 N–H and O–H groups in total. The molecule has 0 saturated carbocycles. The van der Waals surface area contributed by atoms with Gasteiger partial charge in [0.25, 0.3) is 5.56 Å². The van der Waals surface area contributed by atoms with Crippen LogP contribution >= 0.6 is 23.2 Å². The van der Waals surface area contributed by atoms with Gasteiger partial charge in [-0.2, -0.15) is 0 Å². The quantitative estimate of drug-likeness (QED) is 0.670. The molecule has 154 valence electrons. The molecule has 3 aromatic rings. The van der Waals surface area contributed by atoms with Gasteiger partial charge in [0.15, 0.2) is 11.2 Å². The Balaban J connectivity index is 1.84. The lowest BCUT2D eigenvalue weighted by Crippen LogP contribution is -2.44. The van der Waals surface area contributed by atoms with Crippen molar-refractivity contribution in [3.8, 4) is 0 Å². The average Bonchev–Trinajstić information content (AvgIpc) is 3.03.